The van der Waals surface area contributed by atoms with Gasteiger partial charge in [0.25, 0.3) is 0 Å². The molecule has 6 rings (SSSR count). The molecule has 350 valence electrons. The Labute approximate surface area is 377 Å². The highest BCUT2D eigenvalue weighted by Crippen LogP contribution is 2.65. The molecule has 0 radical (unpaired) electrons. The molecule has 18 heteroatoms. The van der Waals surface area contributed by atoms with Crippen molar-refractivity contribution >= 4 is 48.4 Å². The highest BCUT2D eigenvalue weighted by atomic mass is 16.7. The van der Waals surface area contributed by atoms with Gasteiger partial charge in [-0.25, -0.2) is 4.79 Å². The Kier molecular flexibility index (Phi) is 17.0. The molecule has 2 aromatic rings. The number of hydrogen-bond donors (Lipinski definition) is 9. The van der Waals surface area contributed by atoms with E-state index in [-0.39, 0.29) is 17.9 Å². The Morgan fingerprint density at radius 2 is 1.44 bits per heavy atom. The molecule has 2 aromatic carbocycles. The van der Waals surface area contributed by atoms with E-state index in [2.05, 4.69) is 83.9 Å². The van der Waals surface area contributed by atoms with Crippen molar-refractivity contribution < 1.29 is 43.2 Å². The van der Waals surface area contributed by atoms with Crippen molar-refractivity contribution in [3.05, 3.63) is 54.1 Å². The monoisotopic (exact) mass is 889 g/mol. The van der Waals surface area contributed by atoms with Gasteiger partial charge in [-0.05, 0) is 125 Å². The topological polar surface area (TPSA) is 265 Å². The minimum Gasteiger partial charge on any atom is -0.404 e. The number of aryl methyl sites for hydroxylation is 1. The van der Waals surface area contributed by atoms with Crippen LogP contribution in [0.3, 0.4) is 0 Å². The van der Waals surface area contributed by atoms with Gasteiger partial charge in [0.05, 0.1) is 30.2 Å². The van der Waals surface area contributed by atoms with Gasteiger partial charge < -0.3 is 57.8 Å². The van der Waals surface area contributed by atoms with E-state index in [1.54, 1.807) is 19.1 Å². The standard InChI is InChI=1S/C46H69BN8O9/c1-8-9-12-29-14-16-30(17-15-29)31-18-20-33(21-19-31)52-44(62)54-34(13-10-11-22-48)41(59)55-39(27(3)56)43(61)50-26(2)40(58)53-35(25-38(49)57)42(60)51-28(4)47-63-37-24-32-23-36(45(32,5)6)46(37,7)64-47/h14-21,26-28,32,34-37,39,56H,8-13,22-25,48H2,1-7H3,(H2,49,57)(H,50,61)(H,51,60)(H,53,58)(H,55,59)(H2,52,54,62)/t26-,27+,28-,32-,34-,35-,36-,37?,39-,46-/m0/s1. The average Bonchev–Trinajstić information content (AvgIpc) is 3.62. The first-order valence-corrected chi connectivity index (χ1v) is 22.7. The SMILES string of the molecule is CCCCc1ccc(-c2ccc(NC(=O)N[C@@H](CCCCN)C(=O)N[C@H](C(=O)N[C@@H](C)C(=O)N[C@@H](CC(N)=O)C(=O)N[C@@H](C)B3OC4C[C@@H]5C[C@@H](C5(C)C)[C@]4(C)O3)[C@@H](C)O)cc2)cc1. The second-order valence-corrected chi connectivity index (χ2v) is 18.6. The van der Waals surface area contributed by atoms with E-state index in [4.69, 9.17) is 20.8 Å². The summed E-state index contributed by atoms with van der Waals surface area (Å²) in [6.45, 7) is 13.4. The molecule has 4 fully saturated rings. The third-order valence-corrected chi connectivity index (χ3v) is 13.4. The van der Waals surface area contributed by atoms with Crippen LogP contribution in [0.1, 0.15) is 105 Å². The molecule has 11 N–H and O–H groups in total. The molecule has 0 aromatic heterocycles. The summed E-state index contributed by atoms with van der Waals surface area (Å²) in [4.78, 5) is 79.2. The van der Waals surface area contributed by atoms with Crippen LogP contribution in [0.4, 0.5) is 10.5 Å². The number of amides is 7. The molecule has 17 nitrogen and oxygen atoms in total. The lowest BCUT2D eigenvalue weighted by Gasteiger charge is -2.64. The second-order valence-electron chi connectivity index (χ2n) is 18.6. The number of nitrogens with two attached hydrogens (primary N) is 2. The van der Waals surface area contributed by atoms with E-state index >= 15 is 0 Å². The van der Waals surface area contributed by atoms with E-state index in [1.165, 1.54) is 19.4 Å². The number of carbonyl (C=O) groups is 6. The van der Waals surface area contributed by atoms with Crippen LogP contribution in [0, 0.1) is 17.3 Å². The number of urea groups is 1. The Bertz CT molecular complexity index is 1970. The van der Waals surface area contributed by atoms with Crippen molar-refractivity contribution in [3.63, 3.8) is 0 Å². The third-order valence-electron chi connectivity index (χ3n) is 13.4. The molecule has 1 saturated heterocycles. The molecule has 64 heavy (non-hydrogen) atoms. The van der Waals surface area contributed by atoms with Gasteiger partial charge in [0.1, 0.15) is 24.2 Å². The molecule has 1 aliphatic heterocycles. The first kappa shape index (κ1) is 50.0. The van der Waals surface area contributed by atoms with Crippen LogP contribution in [0.25, 0.3) is 11.1 Å². The first-order valence-electron chi connectivity index (χ1n) is 22.7. The van der Waals surface area contributed by atoms with Crippen molar-refractivity contribution in [1.29, 1.82) is 0 Å². The van der Waals surface area contributed by atoms with Crippen LogP contribution >= 0.6 is 0 Å². The molecule has 4 aliphatic rings. The summed E-state index contributed by atoms with van der Waals surface area (Å²) < 4.78 is 12.7. The zero-order valence-corrected chi connectivity index (χ0v) is 38.3. The molecule has 1 heterocycles. The molecule has 2 bridgehead atoms. The summed E-state index contributed by atoms with van der Waals surface area (Å²) in [6, 6.07) is 9.63. The number of aliphatic hydroxyl groups excluding tert-OH is 1. The number of carbonyl (C=O) groups excluding carboxylic acids is 6. The maximum Gasteiger partial charge on any atom is 0.481 e. The van der Waals surface area contributed by atoms with Crippen molar-refractivity contribution in [2.45, 2.75) is 154 Å². The predicted octanol–water partition coefficient (Wildman–Crippen LogP) is 2.82. The smallest absolute Gasteiger partial charge is 0.404 e. The molecular weight excluding hydrogens is 819 g/mol. The van der Waals surface area contributed by atoms with Crippen LogP contribution in [-0.2, 0) is 39.7 Å². The Balaban J connectivity index is 1.14. The van der Waals surface area contributed by atoms with Crippen LogP contribution in [0.5, 0.6) is 0 Å². The molecule has 0 spiro atoms. The lowest BCUT2D eigenvalue weighted by Crippen LogP contribution is -2.65. The third kappa shape index (κ3) is 12.2. The maximum atomic E-state index is 13.6. The summed E-state index contributed by atoms with van der Waals surface area (Å²) in [5.74, 6) is -3.86. The van der Waals surface area contributed by atoms with Gasteiger partial charge in [-0.1, -0.05) is 63.6 Å². The van der Waals surface area contributed by atoms with Crippen LogP contribution in [0.15, 0.2) is 48.5 Å². The minimum atomic E-state index is -1.54. The molecule has 1 unspecified atom stereocenters. The summed E-state index contributed by atoms with van der Waals surface area (Å²) in [5, 5.41) is 26.3. The van der Waals surface area contributed by atoms with E-state index in [9.17, 15) is 33.9 Å². The lowest BCUT2D eigenvalue weighted by atomic mass is 9.43. The quantitative estimate of drug-likeness (QED) is 0.0617. The van der Waals surface area contributed by atoms with Crippen molar-refractivity contribution in [1.82, 2.24) is 26.6 Å². The zero-order chi connectivity index (χ0) is 46.9. The Morgan fingerprint density at radius 1 is 0.797 bits per heavy atom. The second kappa shape index (κ2) is 21.8. The van der Waals surface area contributed by atoms with Gasteiger partial charge >= 0.3 is 13.1 Å². The number of hydrogen-bond acceptors (Lipinski definition) is 10. The first-order chi connectivity index (χ1) is 30.3. The number of primary amides is 1. The number of nitrogens with one attached hydrogen (secondary N) is 6. The number of anilines is 1. The van der Waals surface area contributed by atoms with Gasteiger partial charge in [0.15, 0.2) is 0 Å². The van der Waals surface area contributed by atoms with Crippen LogP contribution in [0.2, 0.25) is 0 Å². The predicted molar refractivity (Wildman–Crippen MR) is 244 cm³/mol. The number of aliphatic hydroxyl groups is 1. The van der Waals surface area contributed by atoms with E-state index in [0.29, 0.717) is 36.9 Å². The molecule has 3 saturated carbocycles. The van der Waals surface area contributed by atoms with E-state index in [1.807, 2.05) is 12.1 Å². The van der Waals surface area contributed by atoms with E-state index < -0.39 is 90.9 Å². The normalized spacial score (nSPS) is 23.4. The maximum absolute atomic E-state index is 13.6. The zero-order valence-electron chi connectivity index (χ0n) is 38.3. The van der Waals surface area contributed by atoms with Crippen LogP contribution in [-0.4, -0.2) is 102 Å². The summed E-state index contributed by atoms with van der Waals surface area (Å²) in [5.41, 5.74) is 14.5. The van der Waals surface area contributed by atoms with Crippen molar-refractivity contribution in [2.24, 2.45) is 28.7 Å². The van der Waals surface area contributed by atoms with Gasteiger partial charge in [-0.3, -0.25) is 24.0 Å². The summed E-state index contributed by atoms with van der Waals surface area (Å²) >= 11 is 0. The highest BCUT2D eigenvalue weighted by molar-refractivity contribution is 6.47. The molecule has 3 aliphatic carbocycles. The van der Waals surface area contributed by atoms with E-state index in [0.717, 1.165) is 43.2 Å². The molecule has 7 amide bonds. The van der Waals surface area contributed by atoms with Crippen LogP contribution < -0.4 is 43.4 Å². The fourth-order valence-corrected chi connectivity index (χ4v) is 9.32. The lowest BCUT2D eigenvalue weighted by molar-refractivity contribution is -0.199. The van der Waals surface area contributed by atoms with Crippen molar-refractivity contribution in [3.8, 4) is 11.1 Å². The average molecular weight is 889 g/mol. The number of rotatable bonds is 22. The summed E-state index contributed by atoms with van der Waals surface area (Å²) in [7, 11) is -0.753. The fourth-order valence-electron chi connectivity index (χ4n) is 9.32. The van der Waals surface area contributed by atoms with Gasteiger partial charge in [0.2, 0.25) is 29.5 Å². The highest BCUT2D eigenvalue weighted by Gasteiger charge is 2.68. The molecule has 10 atom stereocenters. The number of unbranched alkanes of at least 4 members (excludes halogenated alkanes) is 2. The van der Waals surface area contributed by atoms with Crippen molar-refractivity contribution in [2.75, 3.05) is 11.9 Å². The summed E-state index contributed by atoms with van der Waals surface area (Å²) in [6.07, 6.45) is 4.34. The Morgan fingerprint density at radius 3 is 2.03 bits per heavy atom. The van der Waals surface area contributed by atoms with Gasteiger partial charge in [0, 0.05) is 5.69 Å². The fraction of sp³-hybridized carbons (Fsp3) is 0.609. The largest absolute Gasteiger partial charge is 0.481 e. The van der Waals surface area contributed by atoms with Gasteiger partial charge in [-0.2, -0.15) is 0 Å². The minimum absolute atomic E-state index is 0.120. The number of benzene rings is 2. The van der Waals surface area contributed by atoms with Gasteiger partial charge in [-0.15, -0.1) is 0 Å². The molecular formula is C46H69BN8O9. The Hall–Kier alpha value is -5.04.